The number of rotatable bonds is 5. The quantitative estimate of drug-likeness (QED) is 0.720. The summed E-state index contributed by atoms with van der Waals surface area (Å²) in [4.78, 5) is -0.0227. The molecule has 3 nitrogen and oxygen atoms in total. The Hall–Kier alpha value is -2.21. The van der Waals surface area contributed by atoms with Gasteiger partial charge in [0.25, 0.3) is 0 Å². The normalized spacial score (nSPS) is 18.2. The Morgan fingerprint density at radius 2 is 1.59 bits per heavy atom. The molecule has 1 fully saturated rings. The maximum Gasteiger partial charge on any atom is 0.207 e. The Bertz CT molecular complexity index is 1020. The molecular formula is C21H20F2O3S. The van der Waals surface area contributed by atoms with Gasteiger partial charge in [-0.05, 0) is 77.6 Å². The second kappa shape index (κ2) is 6.44. The summed E-state index contributed by atoms with van der Waals surface area (Å²) >= 11 is 0. The minimum absolute atomic E-state index is 0.0227. The van der Waals surface area contributed by atoms with Gasteiger partial charge in [0.2, 0.25) is 9.84 Å². The van der Waals surface area contributed by atoms with E-state index in [4.69, 9.17) is 4.74 Å². The van der Waals surface area contributed by atoms with Crippen LogP contribution >= 0.6 is 0 Å². The third kappa shape index (κ3) is 3.27. The standard InChI is InChI=1S/C21H20F2O3S/c1-26-20-7-4-15(10-19(20)23)18-12-21(8-9-21)11-17(18)14-2-5-16(6-3-14)27(24,25)13-22/h2-7,10H,8-9,11-13H2,1H3. The van der Waals surface area contributed by atoms with Gasteiger partial charge < -0.3 is 4.74 Å². The first kappa shape index (κ1) is 18.2. The van der Waals surface area contributed by atoms with E-state index in [-0.39, 0.29) is 16.1 Å². The molecule has 2 aromatic rings. The van der Waals surface area contributed by atoms with Crippen molar-refractivity contribution >= 4 is 21.0 Å². The van der Waals surface area contributed by atoms with Gasteiger partial charge in [-0.2, -0.15) is 0 Å². The van der Waals surface area contributed by atoms with Crippen LogP contribution < -0.4 is 4.74 Å². The minimum Gasteiger partial charge on any atom is -0.494 e. The van der Waals surface area contributed by atoms with Gasteiger partial charge >= 0.3 is 0 Å². The fourth-order valence-electron chi connectivity index (χ4n) is 3.89. The van der Waals surface area contributed by atoms with Crippen molar-refractivity contribution in [3.63, 3.8) is 0 Å². The molecule has 0 bridgehead atoms. The lowest BCUT2D eigenvalue weighted by atomic mass is 9.97. The van der Waals surface area contributed by atoms with Crippen molar-refractivity contribution in [2.75, 3.05) is 13.1 Å². The van der Waals surface area contributed by atoms with Gasteiger partial charge in [-0.3, -0.25) is 0 Å². The van der Waals surface area contributed by atoms with Gasteiger partial charge in [0.1, 0.15) is 0 Å². The van der Waals surface area contributed by atoms with Crippen molar-refractivity contribution in [2.24, 2.45) is 5.41 Å². The molecule has 0 N–H and O–H groups in total. The van der Waals surface area contributed by atoms with Crippen molar-refractivity contribution in [3.8, 4) is 5.75 Å². The molecule has 2 aliphatic carbocycles. The van der Waals surface area contributed by atoms with E-state index < -0.39 is 21.7 Å². The summed E-state index contributed by atoms with van der Waals surface area (Å²) in [6, 6.07) is 9.91. The highest BCUT2D eigenvalue weighted by molar-refractivity contribution is 7.91. The van der Waals surface area contributed by atoms with Crippen LogP contribution in [0.2, 0.25) is 0 Å². The summed E-state index contributed by atoms with van der Waals surface area (Å²) in [5, 5.41) is 0. The van der Waals surface area contributed by atoms with Crippen molar-refractivity contribution in [1.82, 2.24) is 0 Å². The maximum absolute atomic E-state index is 14.2. The molecule has 2 aromatic carbocycles. The van der Waals surface area contributed by atoms with Crippen LogP contribution in [0.3, 0.4) is 0 Å². The first-order chi connectivity index (χ1) is 12.9. The minimum atomic E-state index is -3.87. The van der Waals surface area contributed by atoms with Crippen LogP contribution in [0.5, 0.6) is 5.75 Å². The van der Waals surface area contributed by atoms with Crippen molar-refractivity contribution < 1.29 is 21.9 Å². The number of hydrogen-bond acceptors (Lipinski definition) is 3. The number of ether oxygens (including phenoxy) is 1. The number of halogens is 2. The summed E-state index contributed by atoms with van der Waals surface area (Å²) in [6.45, 7) is 0. The zero-order chi connectivity index (χ0) is 19.2. The van der Waals surface area contributed by atoms with Crippen LogP contribution in [-0.2, 0) is 9.84 Å². The van der Waals surface area contributed by atoms with Crippen molar-refractivity contribution in [1.29, 1.82) is 0 Å². The van der Waals surface area contributed by atoms with E-state index in [9.17, 15) is 17.2 Å². The van der Waals surface area contributed by atoms with E-state index in [2.05, 4.69) is 0 Å². The van der Waals surface area contributed by atoms with Crippen LogP contribution in [0.1, 0.15) is 36.8 Å². The van der Waals surface area contributed by atoms with E-state index in [1.54, 1.807) is 18.2 Å². The van der Waals surface area contributed by atoms with Gasteiger partial charge in [-0.1, -0.05) is 18.2 Å². The monoisotopic (exact) mass is 390 g/mol. The lowest BCUT2D eigenvalue weighted by Crippen LogP contribution is -2.02. The molecule has 0 radical (unpaired) electrons. The summed E-state index contributed by atoms with van der Waals surface area (Å²) in [6.07, 6.45) is 4.07. The SMILES string of the molecule is COc1ccc(C2=C(c3ccc(S(=O)(=O)CF)cc3)CC3(CC3)C2)cc1F. The molecule has 0 heterocycles. The zero-order valence-electron chi connectivity index (χ0n) is 15.0. The third-order valence-electron chi connectivity index (χ3n) is 5.63. The second-order valence-corrected chi connectivity index (χ2v) is 9.33. The average molecular weight is 390 g/mol. The van der Waals surface area contributed by atoms with E-state index in [0.717, 1.165) is 48.0 Å². The summed E-state index contributed by atoms with van der Waals surface area (Å²) in [5.74, 6) is -0.191. The number of alkyl halides is 1. The third-order valence-corrected chi connectivity index (χ3v) is 6.91. The lowest BCUT2D eigenvalue weighted by Gasteiger charge is -2.10. The highest BCUT2D eigenvalue weighted by Crippen LogP contribution is 2.63. The Labute approximate surface area is 157 Å². The van der Waals surface area contributed by atoms with Crippen LogP contribution in [0, 0.1) is 11.2 Å². The zero-order valence-corrected chi connectivity index (χ0v) is 15.8. The van der Waals surface area contributed by atoms with Gasteiger partial charge in [-0.25, -0.2) is 17.2 Å². The predicted molar refractivity (Wildman–Crippen MR) is 100 cm³/mol. The molecule has 0 saturated heterocycles. The second-order valence-electron chi connectivity index (χ2n) is 7.41. The first-order valence-electron chi connectivity index (χ1n) is 8.83. The Balaban J connectivity index is 1.76. The van der Waals surface area contributed by atoms with Gasteiger partial charge in [0.05, 0.1) is 12.0 Å². The molecule has 1 spiro atoms. The Morgan fingerprint density at radius 3 is 2.11 bits per heavy atom. The van der Waals surface area contributed by atoms with Crippen LogP contribution in [0.4, 0.5) is 8.78 Å². The largest absolute Gasteiger partial charge is 0.494 e. The molecule has 4 rings (SSSR count). The molecule has 0 amide bonds. The molecule has 1 saturated carbocycles. The topological polar surface area (TPSA) is 43.4 Å². The Kier molecular flexibility index (Phi) is 4.34. The summed E-state index contributed by atoms with van der Waals surface area (Å²) in [5.41, 5.74) is 4.19. The molecule has 0 aliphatic heterocycles. The van der Waals surface area contributed by atoms with Crippen molar-refractivity contribution in [3.05, 3.63) is 59.4 Å². The molecule has 6 heteroatoms. The molecule has 0 aromatic heterocycles. The van der Waals surface area contributed by atoms with Crippen LogP contribution in [0.15, 0.2) is 47.4 Å². The molecule has 27 heavy (non-hydrogen) atoms. The maximum atomic E-state index is 14.2. The molecular weight excluding hydrogens is 370 g/mol. The van der Waals surface area contributed by atoms with E-state index in [0.29, 0.717) is 0 Å². The molecule has 142 valence electrons. The Morgan fingerprint density at radius 1 is 1.00 bits per heavy atom. The first-order valence-corrected chi connectivity index (χ1v) is 10.5. The van der Waals surface area contributed by atoms with Crippen LogP contribution in [-0.4, -0.2) is 21.5 Å². The lowest BCUT2D eigenvalue weighted by molar-refractivity contribution is 0.386. The molecule has 2 aliphatic rings. The molecule has 0 unspecified atom stereocenters. The predicted octanol–water partition coefficient (Wildman–Crippen LogP) is 5.02. The van der Waals surface area contributed by atoms with Gasteiger partial charge in [-0.15, -0.1) is 0 Å². The van der Waals surface area contributed by atoms with Crippen LogP contribution in [0.25, 0.3) is 11.1 Å². The van der Waals surface area contributed by atoms with Gasteiger partial charge in [0.15, 0.2) is 17.6 Å². The number of allylic oxidation sites excluding steroid dienone is 2. The van der Waals surface area contributed by atoms with E-state index in [1.165, 1.54) is 25.3 Å². The highest BCUT2D eigenvalue weighted by atomic mass is 32.2. The number of benzene rings is 2. The smallest absolute Gasteiger partial charge is 0.207 e. The molecule has 0 atom stereocenters. The average Bonchev–Trinajstić information content (AvgIpc) is 3.32. The fraction of sp³-hybridized carbons (Fsp3) is 0.333. The number of hydrogen-bond donors (Lipinski definition) is 0. The number of methoxy groups -OCH3 is 1. The van der Waals surface area contributed by atoms with E-state index in [1.807, 2.05) is 6.07 Å². The number of sulfone groups is 1. The summed E-state index contributed by atoms with van der Waals surface area (Å²) in [7, 11) is -2.44. The van der Waals surface area contributed by atoms with Gasteiger partial charge in [0, 0.05) is 0 Å². The summed E-state index contributed by atoms with van der Waals surface area (Å²) < 4.78 is 55.3. The van der Waals surface area contributed by atoms with Crippen molar-refractivity contribution in [2.45, 2.75) is 30.6 Å². The van der Waals surface area contributed by atoms with E-state index >= 15 is 0 Å². The highest BCUT2D eigenvalue weighted by Gasteiger charge is 2.48. The fourth-order valence-corrected chi connectivity index (χ4v) is 4.57.